The first-order chi connectivity index (χ1) is 5.92. The van der Waals surface area contributed by atoms with Crippen LogP contribution in [-0.2, 0) is 0 Å². The van der Waals surface area contributed by atoms with Crippen LogP contribution in [0.3, 0.4) is 0 Å². The fourth-order valence-electron chi connectivity index (χ4n) is 1.17. The van der Waals surface area contributed by atoms with E-state index < -0.39 is 0 Å². The maximum absolute atomic E-state index is 10.6. The standard InChI is InChI=1S/C9H8N2O/c12-7-8-3-4-10-9(8)11-5-1-2-6-11/h1-7,10H. The second-order valence-corrected chi connectivity index (χ2v) is 2.49. The first kappa shape index (κ1) is 6.91. The Morgan fingerprint density at radius 1 is 1.33 bits per heavy atom. The summed E-state index contributed by atoms with van der Waals surface area (Å²) in [5, 5.41) is 0. The van der Waals surface area contributed by atoms with E-state index >= 15 is 0 Å². The van der Waals surface area contributed by atoms with Crippen molar-refractivity contribution < 1.29 is 4.79 Å². The summed E-state index contributed by atoms with van der Waals surface area (Å²) in [5.74, 6) is 0.815. The molecular weight excluding hydrogens is 152 g/mol. The average molecular weight is 160 g/mol. The van der Waals surface area contributed by atoms with Gasteiger partial charge in [0.1, 0.15) is 5.82 Å². The van der Waals surface area contributed by atoms with Gasteiger partial charge in [-0.15, -0.1) is 0 Å². The number of aromatic amines is 1. The van der Waals surface area contributed by atoms with E-state index in [0.29, 0.717) is 5.56 Å². The van der Waals surface area contributed by atoms with E-state index in [9.17, 15) is 4.79 Å². The molecule has 0 saturated carbocycles. The van der Waals surface area contributed by atoms with E-state index in [-0.39, 0.29) is 0 Å². The second kappa shape index (κ2) is 2.70. The molecule has 1 N–H and O–H groups in total. The van der Waals surface area contributed by atoms with Crippen LogP contribution in [0.25, 0.3) is 5.82 Å². The van der Waals surface area contributed by atoms with Gasteiger partial charge in [0.05, 0.1) is 5.56 Å². The van der Waals surface area contributed by atoms with E-state index in [2.05, 4.69) is 4.98 Å². The lowest BCUT2D eigenvalue weighted by Gasteiger charge is -1.98. The predicted molar refractivity (Wildman–Crippen MR) is 45.5 cm³/mol. The Morgan fingerprint density at radius 2 is 2.08 bits per heavy atom. The molecule has 0 radical (unpaired) electrons. The maximum Gasteiger partial charge on any atom is 0.153 e. The quantitative estimate of drug-likeness (QED) is 0.666. The lowest BCUT2D eigenvalue weighted by Crippen LogP contribution is -1.93. The van der Waals surface area contributed by atoms with Crippen LogP contribution in [0.1, 0.15) is 10.4 Å². The average Bonchev–Trinajstić information content (AvgIpc) is 2.74. The number of nitrogens with one attached hydrogen (secondary N) is 1. The van der Waals surface area contributed by atoms with Gasteiger partial charge in [-0.25, -0.2) is 0 Å². The molecule has 0 unspecified atom stereocenters. The van der Waals surface area contributed by atoms with Gasteiger partial charge < -0.3 is 9.55 Å². The van der Waals surface area contributed by atoms with Crippen LogP contribution >= 0.6 is 0 Å². The van der Waals surface area contributed by atoms with E-state index in [1.165, 1.54) is 0 Å². The third-order valence-corrected chi connectivity index (χ3v) is 1.75. The Bertz CT molecular complexity index is 373. The van der Waals surface area contributed by atoms with Gasteiger partial charge >= 0.3 is 0 Å². The fourth-order valence-corrected chi connectivity index (χ4v) is 1.17. The van der Waals surface area contributed by atoms with Crippen molar-refractivity contribution in [2.75, 3.05) is 0 Å². The number of rotatable bonds is 2. The Morgan fingerprint density at radius 3 is 2.75 bits per heavy atom. The predicted octanol–water partition coefficient (Wildman–Crippen LogP) is 1.62. The minimum absolute atomic E-state index is 0.672. The minimum atomic E-state index is 0.672. The van der Waals surface area contributed by atoms with E-state index in [1.54, 1.807) is 12.3 Å². The molecule has 12 heavy (non-hydrogen) atoms. The lowest BCUT2D eigenvalue weighted by molar-refractivity contribution is 0.112. The molecule has 0 saturated heterocycles. The number of aldehydes is 1. The van der Waals surface area contributed by atoms with Crippen molar-refractivity contribution in [2.45, 2.75) is 0 Å². The van der Waals surface area contributed by atoms with Crippen LogP contribution < -0.4 is 0 Å². The summed E-state index contributed by atoms with van der Waals surface area (Å²) >= 11 is 0. The van der Waals surface area contributed by atoms with Crippen molar-refractivity contribution in [3.8, 4) is 5.82 Å². The molecule has 0 spiro atoms. The van der Waals surface area contributed by atoms with Crippen LogP contribution in [0, 0.1) is 0 Å². The van der Waals surface area contributed by atoms with Gasteiger partial charge in [-0.05, 0) is 18.2 Å². The number of carbonyl (C=O) groups excluding carboxylic acids is 1. The smallest absolute Gasteiger partial charge is 0.153 e. The molecular formula is C9H8N2O. The highest BCUT2D eigenvalue weighted by Gasteiger charge is 2.01. The summed E-state index contributed by atoms with van der Waals surface area (Å²) < 4.78 is 1.86. The van der Waals surface area contributed by atoms with Gasteiger partial charge in [0.25, 0.3) is 0 Å². The molecule has 2 rings (SSSR count). The van der Waals surface area contributed by atoms with Crippen molar-refractivity contribution in [1.29, 1.82) is 0 Å². The molecule has 3 heteroatoms. The van der Waals surface area contributed by atoms with Crippen molar-refractivity contribution in [3.63, 3.8) is 0 Å². The molecule has 2 aromatic heterocycles. The number of nitrogens with zero attached hydrogens (tertiary/aromatic N) is 1. The Balaban J connectivity index is 2.53. The monoisotopic (exact) mass is 160 g/mol. The lowest BCUT2D eigenvalue weighted by atomic mass is 10.3. The molecule has 2 aromatic rings. The van der Waals surface area contributed by atoms with Gasteiger partial charge in [0.2, 0.25) is 0 Å². The first-order valence-electron chi connectivity index (χ1n) is 3.68. The zero-order valence-electron chi connectivity index (χ0n) is 6.40. The summed E-state index contributed by atoms with van der Waals surface area (Å²) in [6.07, 6.45) is 6.36. The summed E-state index contributed by atoms with van der Waals surface area (Å²) in [6.45, 7) is 0. The highest BCUT2D eigenvalue weighted by molar-refractivity contribution is 5.79. The Kier molecular flexibility index (Phi) is 1.55. The first-order valence-corrected chi connectivity index (χ1v) is 3.68. The molecule has 0 atom stereocenters. The summed E-state index contributed by atoms with van der Waals surface area (Å²) in [5.41, 5.74) is 0.672. The van der Waals surface area contributed by atoms with E-state index in [4.69, 9.17) is 0 Å². The third kappa shape index (κ3) is 0.955. The Labute approximate surface area is 69.6 Å². The summed E-state index contributed by atoms with van der Waals surface area (Å²) in [6, 6.07) is 5.58. The normalized spacial score (nSPS) is 10.0. The van der Waals surface area contributed by atoms with Gasteiger partial charge in [-0.3, -0.25) is 4.79 Å². The second-order valence-electron chi connectivity index (χ2n) is 2.49. The summed E-state index contributed by atoms with van der Waals surface area (Å²) in [7, 11) is 0. The third-order valence-electron chi connectivity index (χ3n) is 1.75. The number of hydrogen-bond donors (Lipinski definition) is 1. The number of aromatic nitrogens is 2. The molecule has 0 fully saturated rings. The van der Waals surface area contributed by atoms with Gasteiger partial charge in [0.15, 0.2) is 6.29 Å². The molecule has 60 valence electrons. The zero-order chi connectivity index (χ0) is 8.39. The van der Waals surface area contributed by atoms with E-state index in [1.807, 2.05) is 29.1 Å². The largest absolute Gasteiger partial charge is 0.347 e. The van der Waals surface area contributed by atoms with Crippen molar-refractivity contribution in [3.05, 3.63) is 42.4 Å². The highest BCUT2D eigenvalue weighted by atomic mass is 16.1. The fraction of sp³-hybridized carbons (Fsp3) is 0. The zero-order valence-corrected chi connectivity index (χ0v) is 6.40. The van der Waals surface area contributed by atoms with Crippen molar-refractivity contribution >= 4 is 6.29 Å². The number of carbonyl (C=O) groups is 1. The number of H-pyrrole nitrogens is 1. The molecule has 3 nitrogen and oxygen atoms in total. The van der Waals surface area contributed by atoms with Crippen LogP contribution in [-0.4, -0.2) is 15.8 Å². The molecule has 0 aliphatic rings. The maximum atomic E-state index is 10.6. The molecule has 2 heterocycles. The van der Waals surface area contributed by atoms with Crippen LogP contribution in [0.4, 0.5) is 0 Å². The van der Waals surface area contributed by atoms with Crippen LogP contribution in [0.5, 0.6) is 0 Å². The Hall–Kier alpha value is -1.77. The number of hydrogen-bond acceptors (Lipinski definition) is 1. The molecule has 0 aromatic carbocycles. The van der Waals surface area contributed by atoms with Crippen LogP contribution in [0.15, 0.2) is 36.8 Å². The molecule has 0 aliphatic heterocycles. The SMILES string of the molecule is O=Cc1cc[nH]c1-n1cccc1. The minimum Gasteiger partial charge on any atom is -0.347 e. The van der Waals surface area contributed by atoms with Crippen molar-refractivity contribution in [1.82, 2.24) is 9.55 Å². The topological polar surface area (TPSA) is 37.8 Å². The molecule has 0 bridgehead atoms. The highest BCUT2D eigenvalue weighted by Crippen LogP contribution is 2.09. The van der Waals surface area contributed by atoms with Gasteiger partial charge in [-0.2, -0.15) is 0 Å². The van der Waals surface area contributed by atoms with Crippen molar-refractivity contribution in [2.24, 2.45) is 0 Å². The van der Waals surface area contributed by atoms with Gasteiger partial charge in [0, 0.05) is 18.6 Å². The molecule has 0 aliphatic carbocycles. The van der Waals surface area contributed by atoms with Gasteiger partial charge in [-0.1, -0.05) is 0 Å². The summed E-state index contributed by atoms with van der Waals surface area (Å²) in [4.78, 5) is 13.5. The van der Waals surface area contributed by atoms with Crippen LogP contribution in [0.2, 0.25) is 0 Å². The van der Waals surface area contributed by atoms with E-state index in [0.717, 1.165) is 12.1 Å². The molecule has 0 amide bonds.